The molecule has 0 spiro atoms. The predicted molar refractivity (Wildman–Crippen MR) is 122 cm³/mol. The Morgan fingerprint density at radius 1 is 1.13 bits per heavy atom. The van der Waals surface area contributed by atoms with Crippen LogP contribution in [0, 0.1) is 0 Å². The summed E-state index contributed by atoms with van der Waals surface area (Å²) in [5, 5.41) is 8.82. The number of halogens is 2. The fourth-order valence-electron chi connectivity index (χ4n) is 3.01. The first-order valence-corrected chi connectivity index (χ1v) is 9.77. The molecule has 1 N–H and O–H groups in total. The molecule has 31 heavy (non-hydrogen) atoms. The van der Waals surface area contributed by atoms with E-state index >= 15 is 0 Å². The molecule has 0 unspecified atom stereocenters. The van der Waals surface area contributed by atoms with E-state index < -0.39 is 19.0 Å². The Balaban J connectivity index is 2.59. The lowest BCUT2D eigenvalue weighted by Crippen LogP contribution is -2.15. The highest BCUT2D eigenvalue weighted by Gasteiger charge is 2.18. The minimum atomic E-state index is -2.59. The highest BCUT2D eigenvalue weighted by molar-refractivity contribution is 5.84. The number of allylic oxidation sites excluding steroid dienone is 5. The zero-order valence-electron chi connectivity index (χ0n) is 18.1. The number of ether oxygens (including phenoxy) is 1. The molecule has 0 radical (unpaired) electrons. The van der Waals surface area contributed by atoms with Crippen molar-refractivity contribution in [3.8, 4) is 16.9 Å². The number of anilines is 1. The van der Waals surface area contributed by atoms with Gasteiger partial charge in [-0.05, 0) is 48.3 Å². The first kappa shape index (κ1) is 23.9. The summed E-state index contributed by atoms with van der Waals surface area (Å²) >= 11 is 0. The van der Waals surface area contributed by atoms with Crippen molar-refractivity contribution in [3.05, 3.63) is 77.9 Å². The van der Waals surface area contributed by atoms with Crippen LogP contribution in [0.15, 0.2) is 72.3 Å². The lowest BCUT2D eigenvalue weighted by atomic mass is 9.96. The summed E-state index contributed by atoms with van der Waals surface area (Å²) < 4.78 is 31.4. The molecule has 2 aromatic rings. The van der Waals surface area contributed by atoms with Crippen molar-refractivity contribution < 1.29 is 23.4 Å². The number of carboxylic acid groups (broad SMARTS) is 1. The number of aliphatic carboxylic acids is 1. The lowest BCUT2D eigenvalue weighted by molar-refractivity contribution is -0.131. The summed E-state index contributed by atoms with van der Waals surface area (Å²) in [6.07, 6.45) is 3.72. The molecule has 2 aromatic carbocycles. The maximum atomic E-state index is 12.9. The molecular formula is C25H27F2NO3. The third-order valence-corrected chi connectivity index (χ3v) is 4.49. The van der Waals surface area contributed by atoms with Gasteiger partial charge in [0.1, 0.15) is 12.4 Å². The molecule has 0 amide bonds. The van der Waals surface area contributed by atoms with Gasteiger partial charge in [0.25, 0.3) is 6.43 Å². The Morgan fingerprint density at radius 3 is 2.39 bits per heavy atom. The summed E-state index contributed by atoms with van der Waals surface area (Å²) in [5.41, 5.74) is 4.69. The molecule has 0 aliphatic rings. The van der Waals surface area contributed by atoms with Crippen molar-refractivity contribution in [2.45, 2.75) is 20.3 Å². The van der Waals surface area contributed by atoms with E-state index in [1.807, 2.05) is 68.4 Å². The van der Waals surface area contributed by atoms with E-state index in [1.165, 1.54) is 0 Å². The third-order valence-electron chi connectivity index (χ3n) is 4.49. The highest BCUT2D eigenvalue weighted by Crippen LogP contribution is 2.40. The van der Waals surface area contributed by atoms with Crippen LogP contribution in [0.25, 0.3) is 16.7 Å². The SMILES string of the molecule is CC(C=CC=C(C)c1cc(-c2ccccc2)cc(N(C)C)c1OCC(F)F)=CC(=O)O. The van der Waals surface area contributed by atoms with E-state index in [0.717, 1.165) is 22.8 Å². The maximum Gasteiger partial charge on any atom is 0.328 e. The van der Waals surface area contributed by atoms with Crippen LogP contribution in [0.5, 0.6) is 5.75 Å². The number of hydrogen-bond acceptors (Lipinski definition) is 3. The van der Waals surface area contributed by atoms with Gasteiger partial charge in [0, 0.05) is 25.7 Å². The molecule has 164 valence electrons. The number of carbonyl (C=O) groups is 1. The number of carboxylic acids is 1. The van der Waals surface area contributed by atoms with Gasteiger partial charge in [0.2, 0.25) is 0 Å². The van der Waals surface area contributed by atoms with Crippen molar-refractivity contribution >= 4 is 17.2 Å². The largest absolute Gasteiger partial charge is 0.485 e. The van der Waals surface area contributed by atoms with Gasteiger partial charge in [-0.2, -0.15) is 0 Å². The Kier molecular flexibility index (Phi) is 8.55. The van der Waals surface area contributed by atoms with Gasteiger partial charge in [0.15, 0.2) is 0 Å². The standard InChI is InChI=1S/C25H27F2NO3/c1-17(13-24(29)30)9-8-10-18(2)21-14-20(19-11-6-5-7-12-19)15-22(28(3)4)25(21)31-16-23(26)27/h5-15,23H,16H2,1-4H3,(H,29,30). The van der Waals surface area contributed by atoms with Crippen LogP contribution in [0.2, 0.25) is 0 Å². The van der Waals surface area contributed by atoms with E-state index in [2.05, 4.69) is 0 Å². The van der Waals surface area contributed by atoms with Crippen molar-refractivity contribution in [3.63, 3.8) is 0 Å². The minimum absolute atomic E-state index is 0.380. The van der Waals surface area contributed by atoms with Crippen molar-refractivity contribution in [2.75, 3.05) is 25.6 Å². The molecule has 0 heterocycles. The maximum absolute atomic E-state index is 12.9. The van der Waals surface area contributed by atoms with Crippen molar-refractivity contribution in [1.82, 2.24) is 0 Å². The van der Waals surface area contributed by atoms with Gasteiger partial charge in [-0.15, -0.1) is 0 Å². The van der Waals surface area contributed by atoms with Gasteiger partial charge in [-0.1, -0.05) is 48.6 Å². The monoisotopic (exact) mass is 427 g/mol. The molecule has 0 aromatic heterocycles. The zero-order chi connectivity index (χ0) is 23.0. The first-order chi connectivity index (χ1) is 14.7. The van der Waals surface area contributed by atoms with E-state index in [4.69, 9.17) is 9.84 Å². The second kappa shape index (κ2) is 11.1. The third kappa shape index (κ3) is 7.10. The molecular weight excluding hydrogens is 400 g/mol. The van der Waals surface area contributed by atoms with Crippen LogP contribution in [0.4, 0.5) is 14.5 Å². The van der Waals surface area contributed by atoms with Crippen LogP contribution in [0.3, 0.4) is 0 Å². The van der Waals surface area contributed by atoms with Crippen LogP contribution in [-0.2, 0) is 4.79 Å². The number of alkyl halides is 2. The van der Waals surface area contributed by atoms with Crippen molar-refractivity contribution in [1.29, 1.82) is 0 Å². The fourth-order valence-corrected chi connectivity index (χ4v) is 3.01. The quantitative estimate of drug-likeness (QED) is 0.391. The molecule has 0 fully saturated rings. The van der Waals surface area contributed by atoms with Crippen LogP contribution < -0.4 is 9.64 Å². The van der Waals surface area contributed by atoms with Gasteiger partial charge >= 0.3 is 5.97 Å². The van der Waals surface area contributed by atoms with Crippen LogP contribution in [0.1, 0.15) is 19.4 Å². The number of hydrogen-bond donors (Lipinski definition) is 1. The van der Waals surface area contributed by atoms with E-state index in [0.29, 0.717) is 22.6 Å². The summed E-state index contributed by atoms with van der Waals surface area (Å²) in [6, 6.07) is 13.6. The fraction of sp³-hybridized carbons (Fsp3) is 0.240. The summed E-state index contributed by atoms with van der Waals surface area (Å²) in [6.45, 7) is 2.84. The molecule has 0 saturated carbocycles. The van der Waals surface area contributed by atoms with E-state index in [9.17, 15) is 13.6 Å². The molecule has 0 saturated heterocycles. The van der Waals surface area contributed by atoms with Gasteiger partial charge in [0.05, 0.1) is 5.69 Å². The first-order valence-electron chi connectivity index (χ1n) is 9.77. The number of benzene rings is 2. The molecule has 0 aliphatic heterocycles. The summed E-state index contributed by atoms with van der Waals surface area (Å²) in [5.74, 6) is -0.637. The minimum Gasteiger partial charge on any atom is -0.485 e. The molecule has 2 rings (SSSR count). The second-order valence-corrected chi connectivity index (χ2v) is 7.27. The number of rotatable bonds is 9. The summed E-state index contributed by atoms with van der Waals surface area (Å²) in [4.78, 5) is 12.6. The Labute approximate surface area is 181 Å². The topological polar surface area (TPSA) is 49.8 Å². The number of nitrogens with zero attached hydrogens (tertiary/aromatic N) is 1. The Morgan fingerprint density at radius 2 is 1.81 bits per heavy atom. The summed E-state index contributed by atoms with van der Waals surface area (Å²) in [7, 11) is 3.67. The van der Waals surface area contributed by atoms with Crippen LogP contribution in [-0.4, -0.2) is 38.2 Å². The van der Waals surface area contributed by atoms with Gasteiger partial charge in [-0.3, -0.25) is 0 Å². The molecule has 0 atom stereocenters. The zero-order valence-corrected chi connectivity index (χ0v) is 18.1. The second-order valence-electron chi connectivity index (χ2n) is 7.27. The molecule has 0 aliphatic carbocycles. The van der Waals surface area contributed by atoms with Crippen LogP contribution >= 0.6 is 0 Å². The highest BCUT2D eigenvalue weighted by atomic mass is 19.3. The smallest absolute Gasteiger partial charge is 0.328 e. The van der Waals surface area contributed by atoms with E-state index in [-0.39, 0.29) is 0 Å². The average Bonchev–Trinajstić information content (AvgIpc) is 2.71. The molecule has 6 heteroatoms. The van der Waals surface area contributed by atoms with Crippen molar-refractivity contribution in [2.24, 2.45) is 0 Å². The van der Waals surface area contributed by atoms with E-state index in [1.54, 1.807) is 25.2 Å². The van der Waals surface area contributed by atoms with Gasteiger partial charge < -0.3 is 14.7 Å². The van der Waals surface area contributed by atoms with Gasteiger partial charge in [-0.25, -0.2) is 13.6 Å². The normalized spacial score (nSPS) is 12.5. The lowest BCUT2D eigenvalue weighted by Gasteiger charge is -2.23. The molecule has 0 bridgehead atoms. The molecule has 4 nitrogen and oxygen atoms in total. The Hall–Kier alpha value is -3.41. The Bertz CT molecular complexity index is 993. The predicted octanol–water partition coefficient (Wildman–Crippen LogP) is 6.05. The average molecular weight is 427 g/mol.